The molecule has 4 aromatic rings. The van der Waals surface area contributed by atoms with E-state index in [0.717, 1.165) is 11.3 Å². The Bertz CT molecular complexity index is 1230. The number of hydrogen-bond acceptors (Lipinski definition) is 7. The monoisotopic (exact) mass is 508 g/mol. The van der Waals surface area contributed by atoms with E-state index < -0.39 is 6.10 Å². The molecule has 0 saturated heterocycles. The lowest BCUT2D eigenvalue weighted by Gasteiger charge is -2.14. The van der Waals surface area contributed by atoms with Crippen molar-refractivity contribution in [3.63, 3.8) is 0 Å². The van der Waals surface area contributed by atoms with Gasteiger partial charge in [0.15, 0.2) is 5.76 Å². The number of ketones is 1. The average molecular weight is 509 g/mol. The van der Waals surface area contributed by atoms with Crippen LogP contribution in [0.25, 0.3) is 22.6 Å². The topological polar surface area (TPSA) is 83.7 Å². The van der Waals surface area contributed by atoms with E-state index in [0.29, 0.717) is 32.9 Å². The molecule has 8 heteroatoms. The highest BCUT2D eigenvalue weighted by Gasteiger charge is 2.25. The molecule has 0 N–H and O–H groups in total. The zero-order chi connectivity index (χ0) is 23.4. The Balaban J connectivity index is 1.59. The van der Waals surface area contributed by atoms with Crippen LogP contribution in [0, 0.1) is 0 Å². The second-order valence-electron chi connectivity index (χ2n) is 7.05. The predicted octanol–water partition coefficient (Wildman–Crippen LogP) is 5.75. The molecule has 1 atom stereocenters. The number of benzene rings is 2. The van der Waals surface area contributed by atoms with E-state index in [2.05, 4.69) is 25.9 Å². The van der Waals surface area contributed by atoms with E-state index >= 15 is 0 Å². The molecule has 2 aromatic carbocycles. The van der Waals surface area contributed by atoms with Crippen LogP contribution in [0.15, 0.2) is 76.0 Å². The van der Waals surface area contributed by atoms with Gasteiger partial charge >= 0.3 is 0 Å². The molecule has 0 aliphatic rings. The number of furan rings is 1. The lowest BCUT2D eigenvalue weighted by Crippen LogP contribution is -2.14. The van der Waals surface area contributed by atoms with Crippen molar-refractivity contribution in [1.82, 2.24) is 9.97 Å². The van der Waals surface area contributed by atoms with Gasteiger partial charge in [-0.3, -0.25) is 14.8 Å². The Hall–Kier alpha value is -3.49. The van der Waals surface area contributed by atoms with Gasteiger partial charge in [0.25, 0.3) is 0 Å². The Morgan fingerprint density at radius 2 is 1.64 bits per heavy atom. The molecule has 2 heterocycles. The number of halogens is 1. The van der Waals surface area contributed by atoms with Crippen LogP contribution in [0.4, 0.5) is 0 Å². The number of carbonyl (C=O) groups excluding carboxylic acids is 1. The van der Waals surface area contributed by atoms with Crippen LogP contribution in [-0.4, -0.2) is 37.1 Å². The van der Waals surface area contributed by atoms with Crippen molar-refractivity contribution in [3.05, 3.63) is 82.9 Å². The predicted molar refractivity (Wildman–Crippen MR) is 126 cm³/mol. The first-order valence-electron chi connectivity index (χ1n) is 10.0. The second kappa shape index (κ2) is 9.97. The molecule has 4 rings (SSSR count). The fourth-order valence-corrected chi connectivity index (χ4v) is 3.99. The highest BCUT2D eigenvalue weighted by Crippen LogP contribution is 2.39. The van der Waals surface area contributed by atoms with Crippen molar-refractivity contribution in [2.45, 2.75) is 6.10 Å². The summed E-state index contributed by atoms with van der Waals surface area (Å²) in [6, 6.07) is 14.4. The number of methoxy groups -OCH3 is 3. The van der Waals surface area contributed by atoms with Crippen molar-refractivity contribution in [2.75, 3.05) is 21.3 Å². The summed E-state index contributed by atoms with van der Waals surface area (Å²) in [6.45, 7) is 0. The highest BCUT2D eigenvalue weighted by molar-refractivity contribution is 9.10. The SMILES string of the molecule is COc1cc(-c2ccc(C(=O)C(OC)c3ccc(-c4cnccn4)cc3)o2)cc(OC)c1Br. The number of hydrogen-bond donors (Lipinski definition) is 0. The first-order chi connectivity index (χ1) is 16.0. The first kappa shape index (κ1) is 22.7. The van der Waals surface area contributed by atoms with Crippen molar-refractivity contribution >= 4 is 21.7 Å². The number of aromatic nitrogens is 2. The fraction of sp³-hybridized carbons (Fsp3) is 0.160. The minimum absolute atomic E-state index is 0.190. The molecule has 0 aliphatic heterocycles. The van der Waals surface area contributed by atoms with Gasteiger partial charge in [-0.1, -0.05) is 24.3 Å². The number of ether oxygens (including phenoxy) is 3. The summed E-state index contributed by atoms with van der Waals surface area (Å²) < 4.78 is 22.9. The number of rotatable bonds is 8. The Labute approximate surface area is 199 Å². The lowest BCUT2D eigenvalue weighted by molar-refractivity contribution is 0.0577. The van der Waals surface area contributed by atoms with Crippen LogP contribution < -0.4 is 9.47 Å². The number of carbonyl (C=O) groups is 1. The summed E-state index contributed by atoms with van der Waals surface area (Å²) in [5.74, 6) is 1.59. The summed E-state index contributed by atoms with van der Waals surface area (Å²) in [5.41, 5.74) is 3.07. The molecule has 168 valence electrons. The zero-order valence-corrected chi connectivity index (χ0v) is 19.8. The van der Waals surface area contributed by atoms with Crippen LogP contribution >= 0.6 is 15.9 Å². The molecule has 0 spiro atoms. The van der Waals surface area contributed by atoms with E-state index in [1.165, 1.54) is 7.11 Å². The fourth-order valence-electron chi connectivity index (χ4n) is 3.44. The minimum atomic E-state index is -0.811. The molecule has 0 bridgehead atoms. The summed E-state index contributed by atoms with van der Waals surface area (Å²) in [6.07, 6.45) is 4.13. The standard InChI is InChI=1S/C25H21BrN2O5/c1-30-21-12-17(13-22(31-2)23(21)26)19-8-9-20(33-19)24(29)25(32-3)16-6-4-15(5-7-16)18-14-27-10-11-28-18/h4-14,25H,1-3H3. The molecular formula is C25H21BrN2O5. The molecule has 0 amide bonds. The second-order valence-corrected chi connectivity index (χ2v) is 7.84. The molecule has 0 fully saturated rings. The van der Waals surface area contributed by atoms with Crippen LogP contribution in [0.2, 0.25) is 0 Å². The van der Waals surface area contributed by atoms with Gasteiger partial charge in [0.05, 0.1) is 26.1 Å². The smallest absolute Gasteiger partial charge is 0.231 e. The van der Waals surface area contributed by atoms with E-state index in [9.17, 15) is 4.79 Å². The van der Waals surface area contributed by atoms with Gasteiger partial charge in [0.1, 0.15) is 27.8 Å². The third kappa shape index (κ3) is 4.67. The molecule has 0 saturated carbocycles. The molecule has 2 aromatic heterocycles. The van der Waals surface area contributed by atoms with E-state index in [4.69, 9.17) is 18.6 Å². The summed E-state index contributed by atoms with van der Waals surface area (Å²) in [5, 5.41) is 0. The molecule has 0 radical (unpaired) electrons. The third-order valence-electron chi connectivity index (χ3n) is 5.13. The van der Waals surface area contributed by atoms with Crippen LogP contribution in [-0.2, 0) is 4.74 Å². The van der Waals surface area contributed by atoms with Gasteiger partial charge in [0.2, 0.25) is 5.78 Å². The van der Waals surface area contributed by atoms with Gasteiger partial charge < -0.3 is 18.6 Å². The van der Waals surface area contributed by atoms with Gasteiger partial charge in [-0.05, 0) is 45.8 Å². The van der Waals surface area contributed by atoms with Gasteiger partial charge in [-0.15, -0.1) is 0 Å². The molecule has 1 unspecified atom stereocenters. The van der Waals surface area contributed by atoms with Crippen LogP contribution in [0.1, 0.15) is 22.2 Å². The third-order valence-corrected chi connectivity index (χ3v) is 5.91. The molecule has 0 aliphatic carbocycles. The Kier molecular flexibility index (Phi) is 6.86. The summed E-state index contributed by atoms with van der Waals surface area (Å²) >= 11 is 3.45. The molecule has 7 nitrogen and oxygen atoms in total. The maximum absolute atomic E-state index is 13.2. The van der Waals surface area contributed by atoms with Crippen molar-refractivity contribution in [3.8, 4) is 34.1 Å². The summed E-state index contributed by atoms with van der Waals surface area (Å²) in [4.78, 5) is 21.6. The maximum Gasteiger partial charge on any atom is 0.231 e. The van der Waals surface area contributed by atoms with Gasteiger partial charge in [-0.2, -0.15) is 0 Å². The van der Waals surface area contributed by atoms with Gasteiger partial charge in [-0.25, -0.2) is 0 Å². The Morgan fingerprint density at radius 3 is 2.21 bits per heavy atom. The molecule has 33 heavy (non-hydrogen) atoms. The van der Waals surface area contributed by atoms with E-state index in [-0.39, 0.29) is 11.5 Å². The zero-order valence-electron chi connectivity index (χ0n) is 18.2. The van der Waals surface area contributed by atoms with Crippen molar-refractivity contribution in [1.29, 1.82) is 0 Å². The number of Topliss-reactive ketones (excluding diaryl/α,β-unsaturated/α-hetero) is 1. The van der Waals surface area contributed by atoms with E-state index in [1.807, 2.05) is 24.3 Å². The van der Waals surface area contributed by atoms with Crippen molar-refractivity contribution in [2.24, 2.45) is 0 Å². The average Bonchev–Trinajstić information content (AvgIpc) is 3.36. The lowest BCUT2D eigenvalue weighted by atomic mass is 10.0. The van der Waals surface area contributed by atoms with Gasteiger partial charge in [0, 0.05) is 30.6 Å². The first-order valence-corrected chi connectivity index (χ1v) is 10.8. The Morgan fingerprint density at radius 1 is 0.939 bits per heavy atom. The maximum atomic E-state index is 13.2. The molecular weight excluding hydrogens is 488 g/mol. The largest absolute Gasteiger partial charge is 0.495 e. The quantitative estimate of drug-likeness (QED) is 0.280. The summed E-state index contributed by atoms with van der Waals surface area (Å²) in [7, 11) is 4.63. The number of nitrogens with zero attached hydrogens (tertiary/aromatic N) is 2. The van der Waals surface area contributed by atoms with Crippen LogP contribution in [0.3, 0.4) is 0 Å². The van der Waals surface area contributed by atoms with Crippen molar-refractivity contribution < 1.29 is 23.4 Å². The van der Waals surface area contributed by atoms with Crippen LogP contribution in [0.5, 0.6) is 11.5 Å². The van der Waals surface area contributed by atoms with E-state index in [1.54, 1.807) is 57.1 Å². The normalized spacial score (nSPS) is 11.8. The minimum Gasteiger partial charge on any atom is -0.495 e. The highest BCUT2D eigenvalue weighted by atomic mass is 79.9.